The zero-order chi connectivity index (χ0) is 11.3. The average molecular weight is 274 g/mol. The van der Waals surface area contributed by atoms with E-state index in [1.54, 1.807) is 18.2 Å². The summed E-state index contributed by atoms with van der Waals surface area (Å²) in [7, 11) is 0. The largest absolute Gasteiger partial charge is 0.492 e. The highest BCUT2D eigenvalue weighted by Crippen LogP contribution is 2.26. The van der Waals surface area contributed by atoms with Gasteiger partial charge in [-0.1, -0.05) is 6.07 Å². The maximum Gasteiger partial charge on any atom is 0.220 e. The van der Waals surface area contributed by atoms with Crippen molar-refractivity contribution in [2.24, 2.45) is 5.73 Å². The normalized spacial score (nSPS) is 10.0. The van der Waals surface area contributed by atoms with Crippen molar-refractivity contribution in [3.05, 3.63) is 28.2 Å². The van der Waals surface area contributed by atoms with Crippen molar-refractivity contribution in [3.8, 4) is 5.75 Å². The van der Waals surface area contributed by atoms with Gasteiger partial charge in [0.15, 0.2) is 0 Å². The zero-order valence-electron chi connectivity index (χ0n) is 8.07. The number of carbonyl (C=O) groups excluding carboxylic acids is 1. The van der Waals surface area contributed by atoms with Gasteiger partial charge in [-0.15, -0.1) is 0 Å². The second kappa shape index (κ2) is 5.72. The molecule has 0 aliphatic rings. The van der Waals surface area contributed by atoms with Gasteiger partial charge < -0.3 is 15.6 Å². The van der Waals surface area contributed by atoms with Gasteiger partial charge in [0.05, 0.1) is 24.1 Å². The lowest BCUT2D eigenvalue weighted by Crippen LogP contribution is -2.14. The Bertz CT molecular complexity index is 355. The molecule has 0 bridgehead atoms. The van der Waals surface area contributed by atoms with Crippen LogP contribution in [0.2, 0.25) is 0 Å². The minimum Gasteiger partial charge on any atom is -0.492 e. The lowest BCUT2D eigenvalue weighted by molar-refractivity contribution is -0.118. The van der Waals surface area contributed by atoms with Crippen LogP contribution in [0.4, 0.5) is 0 Å². The third-order valence-corrected chi connectivity index (χ3v) is 2.40. The first kappa shape index (κ1) is 12.0. The van der Waals surface area contributed by atoms with Gasteiger partial charge in [0.25, 0.3) is 0 Å². The fourth-order valence-corrected chi connectivity index (χ4v) is 1.56. The second-order valence-corrected chi connectivity index (χ2v) is 3.84. The van der Waals surface area contributed by atoms with E-state index < -0.39 is 5.91 Å². The van der Waals surface area contributed by atoms with Gasteiger partial charge in [0.2, 0.25) is 5.91 Å². The van der Waals surface area contributed by atoms with Crippen LogP contribution in [0.3, 0.4) is 0 Å². The van der Waals surface area contributed by atoms with Gasteiger partial charge in [-0.3, -0.25) is 4.79 Å². The SMILES string of the molecule is NC(=O)CCOc1ccc(CO)cc1Br. The molecule has 1 amide bonds. The fourth-order valence-electron chi connectivity index (χ4n) is 1.02. The first-order valence-corrected chi connectivity index (χ1v) is 5.23. The van der Waals surface area contributed by atoms with Crippen LogP contribution in [-0.2, 0) is 11.4 Å². The topological polar surface area (TPSA) is 72.6 Å². The third kappa shape index (κ3) is 3.89. The van der Waals surface area contributed by atoms with Gasteiger partial charge in [0, 0.05) is 0 Å². The Labute approximate surface area is 96.2 Å². The van der Waals surface area contributed by atoms with Crippen LogP contribution in [0.25, 0.3) is 0 Å². The molecule has 0 radical (unpaired) electrons. The van der Waals surface area contributed by atoms with Crippen LogP contribution in [0.15, 0.2) is 22.7 Å². The zero-order valence-corrected chi connectivity index (χ0v) is 9.66. The number of halogens is 1. The minimum atomic E-state index is -0.391. The predicted octanol–water partition coefficient (Wildman–Crippen LogP) is 1.20. The molecule has 3 N–H and O–H groups in total. The molecule has 0 saturated carbocycles. The Balaban J connectivity index is 2.58. The van der Waals surface area contributed by atoms with Crippen molar-refractivity contribution in [2.45, 2.75) is 13.0 Å². The molecule has 1 aromatic rings. The number of hydrogen-bond acceptors (Lipinski definition) is 3. The summed E-state index contributed by atoms with van der Waals surface area (Å²) in [4.78, 5) is 10.5. The lowest BCUT2D eigenvalue weighted by atomic mass is 10.2. The molecule has 15 heavy (non-hydrogen) atoms. The first-order valence-electron chi connectivity index (χ1n) is 4.44. The van der Waals surface area contributed by atoms with Crippen LogP contribution in [0, 0.1) is 0 Å². The van der Waals surface area contributed by atoms with Gasteiger partial charge in [-0.2, -0.15) is 0 Å². The number of aliphatic hydroxyl groups excluding tert-OH is 1. The molecule has 0 spiro atoms. The summed E-state index contributed by atoms with van der Waals surface area (Å²) < 4.78 is 6.07. The summed E-state index contributed by atoms with van der Waals surface area (Å²) in [6.45, 7) is 0.243. The lowest BCUT2D eigenvalue weighted by Gasteiger charge is -2.07. The second-order valence-electron chi connectivity index (χ2n) is 2.99. The Morgan fingerprint density at radius 3 is 2.80 bits per heavy atom. The van der Waals surface area contributed by atoms with E-state index in [1.165, 1.54) is 0 Å². The van der Waals surface area contributed by atoms with Gasteiger partial charge in [-0.25, -0.2) is 0 Å². The number of carbonyl (C=O) groups is 1. The molecule has 5 heteroatoms. The Hall–Kier alpha value is -1.07. The van der Waals surface area contributed by atoms with Crippen LogP contribution < -0.4 is 10.5 Å². The molecule has 0 heterocycles. The highest BCUT2D eigenvalue weighted by atomic mass is 79.9. The Morgan fingerprint density at radius 1 is 1.53 bits per heavy atom. The number of amides is 1. The Kier molecular flexibility index (Phi) is 4.58. The van der Waals surface area contributed by atoms with Crippen molar-refractivity contribution in [1.82, 2.24) is 0 Å². The molecule has 0 saturated heterocycles. The maximum atomic E-state index is 10.5. The molecular weight excluding hydrogens is 262 g/mol. The molecule has 0 aliphatic heterocycles. The van der Waals surface area contributed by atoms with E-state index in [0.29, 0.717) is 5.75 Å². The maximum absolute atomic E-state index is 10.5. The number of nitrogens with two attached hydrogens (primary N) is 1. The smallest absolute Gasteiger partial charge is 0.220 e. The molecule has 1 rings (SSSR count). The number of ether oxygens (including phenoxy) is 1. The van der Waals surface area contributed by atoms with E-state index in [-0.39, 0.29) is 19.6 Å². The number of benzene rings is 1. The van der Waals surface area contributed by atoms with E-state index in [1.807, 2.05) is 0 Å². The van der Waals surface area contributed by atoms with Crippen LogP contribution in [0.5, 0.6) is 5.75 Å². The summed E-state index contributed by atoms with van der Waals surface area (Å²) in [5, 5.41) is 8.88. The van der Waals surface area contributed by atoms with E-state index in [0.717, 1.165) is 10.0 Å². The first-order chi connectivity index (χ1) is 7.13. The van der Waals surface area contributed by atoms with Crippen molar-refractivity contribution < 1.29 is 14.6 Å². The molecule has 0 aliphatic carbocycles. The molecular formula is C10H12BrNO3. The van der Waals surface area contributed by atoms with Crippen molar-refractivity contribution in [3.63, 3.8) is 0 Å². The average Bonchev–Trinajstić information content (AvgIpc) is 2.20. The number of rotatable bonds is 5. The molecule has 0 fully saturated rings. The summed E-state index contributed by atoms with van der Waals surface area (Å²) in [5.74, 6) is 0.242. The predicted molar refractivity (Wildman–Crippen MR) is 59.4 cm³/mol. The molecule has 4 nitrogen and oxygen atoms in total. The standard InChI is InChI=1S/C10H12BrNO3/c11-8-5-7(6-13)1-2-9(8)15-4-3-10(12)14/h1-2,5,13H,3-4,6H2,(H2,12,14). The molecule has 82 valence electrons. The summed E-state index contributed by atoms with van der Waals surface area (Å²) in [5.41, 5.74) is 5.77. The summed E-state index contributed by atoms with van der Waals surface area (Å²) >= 11 is 3.30. The van der Waals surface area contributed by atoms with Gasteiger partial charge >= 0.3 is 0 Å². The molecule has 0 atom stereocenters. The number of aliphatic hydroxyl groups is 1. The van der Waals surface area contributed by atoms with Gasteiger partial charge in [0.1, 0.15) is 5.75 Å². The van der Waals surface area contributed by atoms with Crippen LogP contribution in [-0.4, -0.2) is 17.6 Å². The number of primary amides is 1. The van der Waals surface area contributed by atoms with Crippen molar-refractivity contribution in [1.29, 1.82) is 0 Å². The molecule has 0 aromatic heterocycles. The fraction of sp³-hybridized carbons (Fsp3) is 0.300. The van der Waals surface area contributed by atoms with Crippen molar-refractivity contribution in [2.75, 3.05) is 6.61 Å². The van der Waals surface area contributed by atoms with E-state index in [2.05, 4.69) is 15.9 Å². The quantitative estimate of drug-likeness (QED) is 0.847. The van der Waals surface area contributed by atoms with Gasteiger partial charge in [-0.05, 0) is 33.6 Å². The summed E-state index contributed by atoms with van der Waals surface area (Å²) in [6, 6.07) is 5.25. The van der Waals surface area contributed by atoms with E-state index >= 15 is 0 Å². The minimum absolute atomic E-state index is 0.0137. The highest BCUT2D eigenvalue weighted by molar-refractivity contribution is 9.10. The molecule has 0 unspecified atom stereocenters. The van der Waals surface area contributed by atoms with Crippen molar-refractivity contribution >= 4 is 21.8 Å². The summed E-state index contributed by atoms with van der Waals surface area (Å²) in [6.07, 6.45) is 0.189. The molecule has 1 aromatic carbocycles. The Morgan fingerprint density at radius 2 is 2.27 bits per heavy atom. The van der Waals surface area contributed by atoms with Crippen LogP contribution in [0.1, 0.15) is 12.0 Å². The van der Waals surface area contributed by atoms with E-state index in [9.17, 15) is 4.79 Å². The third-order valence-electron chi connectivity index (χ3n) is 1.78. The van der Waals surface area contributed by atoms with Crippen LogP contribution >= 0.6 is 15.9 Å². The monoisotopic (exact) mass is 273 g/mol. The number of hydrogen-bond donors (Lipinski definition) is 2. The van der Waals surface area contributed by atoms with E-state index in [4.69, 9.17) is 15.6 Å². The highest BCUT2D eigenvalue weighted by Gasteiger charge is 2.03.